The molecule has 0 spiro atoms. The molecule has 1 aromatic heterocycles. The molecule has 0 radical (unpaired) electrons. The van der Waals surface area contributed by atoms with E-state index in [-0.39, 0.29) is 24.3 Å². The summed E-state index contributed by atoms with van der Waals surface area (Å²) in [6.45, 7) is 3.66. The summed E-state index contributed by atoms with van der Waals surface area (Å²) in [7, 11) is 0. The van der Waals surface area contributed by atoms with E-state index in [1.807, 2.05) is 19.9 Å². The van der Waals surface area contributed by atoms with E-state index in [1.54, 1.807) is 30.3 Å². The zero-order valence-corrected chi connectivity index (χ0v) is 15.7. The van der Waals surface area contributed by atoms with Crippen molar-refractivity contribution in [1.29, 1.82) is 0 Å². The Kier molecular flexibility index (Phi) is 4.29. The smallest absolute Gasteiger partial charge is 0.290 e. The first-order chi connectivity index (χ1) is 12.9. The number of hydrogen-bond donors (Lipinski definition) is 1. The van der Waals surface area contributed by atoms with E-state index in [1.165, 1.54) is 4.90 Å². The maximum atomic E-state index is 13.3. The van der Waals surface area contributed by atoms with Crippen LogP contribution in [-0.2, 0) is 0 Å². The van der Waals surface area contributed by atoms with Crippen LogP contribution < -0.4 is 5.43 Å². The number of carbonyl (C=O) groups is 1. The Morgan fingerprint density at radius 2 is 1.85 bits per heavy atom. The number of halogens is 1. The van der Waals surface area contributed by atoms with Gasteiger partial charge in [0.1, 0.15) is 5.58 Å². The second kappa shape index (κ2) is 6.51. The van der Waals surface area contributed by atoms with Crippen molar-refractivity contribution in [2.75, 3.05) is 13.2 Å². The van der Waals surface area contributed by atoms with Gasteiger partial charge in [-0.1, -0.05) is 29.8 Å². The van der Waals surface area contributed by atoms with Gasteiger partial charge in [0.05, 0.1) is 23.6 Å². The van der Waals surface area contributed by atoms with Crippen LogP contribution in [0.1, 0.15) is 38.9 Å². The second-order valence-electron chi connectivity index (χ2n) is 6.81. The first-order valence-corrected chi connectivity index (χ1v) is 9.05. The molecule has 1 aliphatic rings. The summed E-state index contributed by atoms with van der Waals surface area (Å²) in [5.74, 6) is -0.342. The van der Waals surface area contributed by atoms with Gasteiger partial charge < -0.3 is 14.4 Å². The summed E-state index contributed by atoms with van der Waals surface area (Å²) < 4.78 is 5.94. The fourth-order valence-corrected chi connectivity index (χ4v) is 3.93. The molecule has 0 bridgehead atoms. The quantitative estimate of drug-likeness (QED) is 0.750. The molecule has 27 heavy (non-hydrogen) atoms. The SMILES string of the molecule is Cc1cc(C)c2oc3c(c(=O)c2c1)[C@H](c1ccc(Cl)cc1)N(CCO)C3=O. The van der Waals surface area contributed by atoms with Crippen molar-refractivity contribution >= 4 is 28.5 Å². The van der Waals surface area contributed by atoms with Crippen LogP contribution >= 0.6 is 11.6 Å². The summed E-state index contributed by atoms with van der Waals surface area (Å²) in [6.07, 6.45) is 0. The van der Waals surface area contributed by atoms with E-state index in [9.17, 15) is 14.7 Å². The molecule has 3 aromatic rings. The third-order valence-electron chi connectivity index (χ3n) is 4.92. The molecule has 0 unspecified atom stereocenters. The highest BCUT2D eigenvalue weighted by Gasteiger charge is 2.42. The number of aliphatic hydroxyl groups excluding tert-OH is 1. The normalized spacial score (nSPS) is 16.2. The van der Waals surface area contributed by atoms with E-state index in [0.29, 0.717) is 21.6 Å². The number of nitrogens with zero attached hydrogens (tertiary/aromatic N) is 1. The fraction of sp³-hybridized carbons (Fsp3) is 0.238. The zero-order valence-electron chi connectivity index (χ0n) is 15.0. The molecule has 2 aromatic carbocycles. The number of aryl methyl sites for hydroxylation is 2. The number of amides is 1. The highest BCUT2D eigenvalue weighted by atomic mass is 35.5. The average Bonchev–Trinajstić information content (AvgIpc) is 2.90. The largest absolute Gasteiger partial charge is 0.450 e. The molecule has 5 nitrogen and oxygen atoms in total. The third kappa shape index (κ3) is 2.74. The zero-order chi connectivity index (χ0) is 19.3. The van der Waals surface area contributed by atoms with Gasteiger partial charge in [-0.05, 0) is 48.7 Å². The van der Waals surface area contributed by atoms with Crippen LogP contribution in [0.3, 0.4) is 0 Å². The molecule has 4 rings (SSSR count). The maximum absolute atomic E-state index is 13.3. The number of aliphatic hydroxyl groups is 1. The monoisotopic (exact) mass is 383 g/mol. The topological polar surface area (TPSA) is 70.8 Å². The highest BCUT2D eigenvalue weighted by molar-refractivity contribution is 6.30. The minimum atomic E-state index is -0.613. The number of hydrogen-bond acceptors (Lipinski definition) is 4. The number of benzene rings is 2. The first-order valence-electron chi connectivity index (χ1n) is 8.67. The Morgan fingerprint density at radius 1 is 1.15 bits per heavy atom. The fourth-order valence-electron chi connectivity index (χ4n) is 3.80. The van der Waals surface area contributed by atoms with Crippen LogP contribution in [0.25, 0.3) is 11.0 Å². The summed E-state index contributed by atoms with van der Waals surface area (Å²) in [5, 5.41) is 10.5. The van der Waals surface area contributed by atoms with Gasteiger partial charge in [0.2, 0.25) is 5.76 Å². The summed E-state index contributed by atoms with van der Waals surface area (Å²) in [6, 6.07) is 10.1. The number of β-amino-alcohol motifs (C(OH)–C–C–N with tert-alkyl or cyclic N) is 1. The lowest BCUT2D eigenvalue weighted by Gasteiger charge is -2.24. The van der Waals surface area contributed by atoms with E-state index in [4.69, 9.17) is 16.0 Å². The lowest BCUT2D eigenvalue weighted by atomic mass is 9.97. The lowest BCUT2D eigenvalue weighted by molar-refractivity contribution is 0.0691. The molecule has 1 amide bonds. The van der Waals surface area contributed by atoms with Crippen molar-refractivity contribution in [3.05, 3.63) is 79.7 Å². The van der Waals surface area contributed by atoms with Crippen LogP contribution in [-0.4, -0.2) is 29.1 Å². The summed E-state index contributed by atoms with van der Waals surface area (Å²) >= 11 is 5.99. The molecule has 1 aliphatic heterocycles. The Labute approximate surface area is 160 Å². The third-order valence-corrected chi connectivity index (χ3v) is 5.18. The van der Waals surface area contributed by atoms with Crippen LogP contribution in [0, 0.1) is 13.8 Å². The Hall–Kier alpha value is -2.63. The van der Waals surface area contributed by atoms with Crippen molar-refractivity contribution in [1.82, 2.24) is 4.90 Å². The minimum absolute atomic E-state index is 0.0489. The van der Waals surface area contributed by atoms with Crippen LogP contribution in [0.4, 0.5) is 0 Å². The van der Waals surface area contributed by atoms with Crippen molar-refractivity contribution in [2.24, 2.45) is 0 Å². The number of fused-ring (bicyclic) bond motifs is 2. The van der Waals surface area contributed by atoms with E-state index in [2.05, 4.69) is 0 Å². The van der Waals surface area contributed by atoms with E-state index < -0.39 is 11.9 Å². The molecular formula is C21H18ClNO4. The molecule has 0 saturated heterocycles. The molecule has 138 valence electrons. The predicted octanol–water partition coefficient (Wildman–Crippen LogP) is 3.60. The molecule has 0 saturated carbocycles. The lowest BCUT2D eigenvalue weighted by Crippen LogP contribution is -2.32. The van der Waals surface area contributed by atoms with Crippen molar-refractivity contribution in [2.45, 2.75) is 19.9 Å². The molecular weight excluding hydrogens is 366 g/mol. The first kappa shape index (κ1) is 17.8. The number of rotatable bonds is 3. The van der Waals surface area contributed by atoms with Gasteiger partial charge in [0.15, 0.2) is 5.43 Å². The Bertz CT molecular complexity index is 1120. The van der Waals surface area contributed by atoms with Gasteiger partial charge in [-0.2, -0.15) is 0 Å². The molecule has 0 fully saturated rings. The Morgan fingerprint density at radius 3 is 2.52 bits per heavy atom. The van der Waals surface area contributed by atoms with E-state index >= 15 is 0 Å². The van der Waals surface area contributed by atoms with E-state index in [0.717, 1.165) is 16.7 Å². The molecule has 1 N–H and O–H groups in total. The molecule has 6 heteroatoms. The molecule has 1 atom stereocenters. The predicted molar refractivity (Wildman–Crippen MR) is 103 cm³/mol. The van der Waals surface area contributed by atoms with Gasteiger partial charge in [0.25, 0.3) is 5.91 Å². The van der Waals surface area contributed by atoms with Crippen LogP contribution in [0.5, 0.6) is 0 Å². The summed E-state index contributed by atoms with van der Waals surface area (Å²) in [4.78, 5) is 27.8. The molecule has 0 aliphatic carbocycles. The van der Waals surface area contributed by atoms with Gasteiger partial charge >= 0.3 is 0 Å². The van der Waals surface area contributed by atoms with Gasteiger partial charge in [-0.3, -0.25) is 9.59 Å². The van der Waals surface area contributed by atoms with Gasteiger partial charge in [-0.15, -0.1) is 0 Å². The number of carbonyl (C=O) groups excluding carboxylic acids is 1. The average molecular weight is 384 g/mol. The maximum Gasteiger partial charge on any atom is 0.290 e. The van der Waals surface area contributed by atoms with Gasteiger partial charge in [0, 0.05) is 11.6 Å². The molecule has 2 heterocycles. The minimum Gasteiger partial charge on any atom is -0.450 e. The Balaban J connectivity index is 2.04. The highest BCUT2D eigenvalue weighted by Crippen LogP contribution is 2.38. The van der Waals surface area contributed by atoms with Crippen molar-refractivity contribution in [3.8, 4) is 0 Å². The standard InChI is InChI=1S/C21H18ClNO4/c1-11-9-12(2)19-15(10-11)18(25)16-17(13-3-5-14(22)6-4-13)23(7-8-24)21(26)20(16)27-19/h3-6,9-10,17,24H,7-8H2,1-2H3/t17-/m0/s1. The van der Waals surface area contributed by atoms with Crippen molar-refractivity contribution in [3.63, 3.8) is 0 Å². The van der Waals surface area contributed by atoms with Crippen molar-refractivity contribution < 1.29 is 14.3 Å². The second-order valence-corrected chi connectivity index (χ2v) is 7.25. The van der Waals surface area contributed by atoms with Crippen LogP contribution in [0.15, 0.2) is 45.6 Å². The summed E-state index contributed by atoms with van der Waals surface area (Å²) in [5.41, 5.74) is 3.03. The van der Waals surface area contributed by atoms with Crippen LogP contribution in [0.2, 0.25) is 5.02 Å². The van der Waals surface area contributed by atoms with Gasteiger partial charge in [-0.25, -0.2) is 0 Å².